The number of benzene rings is 1. The first-order valence-electron chi connectivity index (χ1n) is 11.3. The highest BCUT2D eigenvalue weighted by molar-refractivity contribution is 5.92. The SMILES string of the molecule is COc1cccc(C[C@H]2[C@H]3C[C@H](CN(C(=O)c4ccnn4C)C3)[C@@H]3CCCCN32)c1. The van der Waals surface area contributed by atoms with Gasteiger partial charge in [-0.1, -0.05) is 18.6 Å². The number of piperidine rings is 3. The smallest absolute Gasteiger partial charge is 0.272 e. The number of amides is 1. The fourth-order valence-electron chi connectivity index (χ4n) is 6.14. The van der Waals surface area contributed by atoms with Crippen LogP contribution in [-0.4, -0.2) is 64.3 Å². The van der Waals surface area contributed by atoms with E-state index in [1.165, 1.54) is 37.8 Å². The third-order valence-electron chi connectivity index (χ3n) is 7.53. The lowest BCUT2D eigenvalue weighted by atomic mass is 9.71. The minimum Gasteiger partial charge on any atom is -0.497 e. The van der Waals surface area contributed by atoms with Crippen molar-refractivity contribution in [3.63, 3.8) is 0 Å². The molecule has 3 fully saturated rings. The molecule has 2 aromatic rings. The van der Waals surface area contributed by atoms with Crippen LogP contribution in [0.25, 0.3) is 0 Å². The van der Waals surface area contributed by atoms with Gasteiger partial charge in [0, 0.05) is 38.4 Å². The Kier molecular flexibility index (Phi) is 5.27. The average molecular weight is 409 g/mol. The molecular weight excluding hydrogens is 376 g/mol. The first kappa shape index (κ1) is 19.6. The van der Waals surface area contributed by atoms with E-state index in [-0.39, 0.29) is 5.91 Å². The summed E-state index contributed by atoms with van der Waals surface area (Å²) >= 11 is 0. The number of nitrogens with zero attached hydrogens (tertiary/aromatic N) is 4. The minimum absolute atomic E-state index is 0.133. The highest BCUT2D eigenvalue weighted by atomic mass is 16.5. The number of hydrogen-bond donors (Lipinski definition) is 0. The molecule has 0 saturated carbocycles. The zero-order valence-corrected chi connectivity index (χ0v) is 18.0. The van der Waals surface area contributed by atoms with Crippen molar-refractivity contribution in [2.45, 2.75) is 44.2 Å². The predicted octanol–water partition coefficient (Wildman–Crippen LogP) is 2.99. The van der Waals surface area contributed by atoms with E-state index in [4.69, 9.17) is 4.74 Å². The van der Waals surface area contributed by atoms with Gasteiger partial charge >= 0.3 is 0 Å². The molecule has 30 heavy (non-hydrogen) atoms. The molecule has 5 rings (SSSR count). The van der Waals surface area contributed by atoms with Crippen molar-refractivity contribution in [3.8, 4) is 5.75 Å². The van der Waals surface area contributed by atoms with Crippen molar-refractivity contribution in [2.24, 2.45) is 18.9 Å². The van der Waals surface area contributed by atoms with Gasteiger partial charge < -0.3 is 9.64 Å². The normalized spacial score (nSPS) is 28.8. The van der Waals surface area contributed by atoms with Crippen LogP contribution in [0.5, 0.6) is 5.75 Å². The Morgan fingerprint density at radius 3 is 2.87 bits per heavy atom. The Morgan fingerprint density at radius 1 is 1.20 bits per heavy atom. The van der Waals surface area contributed by atoms with E-state index in [1.54, 1.807) is 18.0 Å². The summed E-state index contributed by atoms with van der Waals surface area (Å²) in [5.41, 5.74) is 2.03. The Hall–Kier alpha value is -2.34. The standard InChI is InChI=1S/C24H32N4O2/c1-26-22(9-10-25-26)24(29)27-15-18-14-19(16-27)23(28-11-4-3-8-21(18)28)13-17-6-5-7-20(12-17)30-2/h5-7,9-10,12,18-19,21,23H,3-4,8,11,13-16H2,1-2H3/t18-,19+,21+,23+/m1/s1. The number of hydrogen-bond acceptors (Lipinski definition) is 4. The van der Waals surface area contributed by atoms with Crippen molar-refractivity contribution < 1.29 is 9.53 Å². The molecule has 6 nitrogen and oxygen atoms in total. The van der Waals surface area contributed by atoms with Crippen molar-refractivity contribution in [1.82, 2.24) is 19.6 Å². The lowest BCUT2D eigenvalue weighted by Gasteiger charge is -2.57. The van der Waals surface area contributed by atoms with E-state index in [0.717, 1.165) is 25.3 Å². The molecule has 0 aliphatic carbocycles. The molecule has 1 amide bonds. The van der Waals surface area contributed by atoms with Gasteiger partial charge in [-0.2, -0.15) is 5.10 Å². The van der Waals surface area contributed by atoms with Gasteiger partial charge in [0.1, 0.15) is 11.4 Å². The van der Waals surface area contributed by atoms with Gasteiger partial charge in [0.25, 0.3) is 5.91 Å². The van der Waals surface area contributed by atoms with Crippen LogP contribution in [0.3, 0.4) is 0 Å². The number of likely N-dealkylation sites (tertiary alicyclic amines) is 1. The van der Waals surface area contributed by atoms with Crippen molar-refractivity contribution in [2.75, 3.05) is 26.7 Å². The van der Waals surface area contributed by atoms with Crippen molar-refractivity contribution in [1.29, 1.82) is 0 Å². The quantitative estimate of drug-likeness (QED) is 0.781. The van der Waals surface area contributed by atoms with Gasteiger partial charge in [0.15, 0.2) is 0 Å². The second-order valence-corrected chi connectivity index (χ2v) is 9.23. The molecule has 1 aromatic heterocycles. The Morgan fingerprint density at radius 2 is 2.07 bits per heavy atom. The van der Waals surface area contributed by atoms with Crippen LogP contribution in [0.2, 0.25) is 0 Å². The first-order valence-corrected chi connectivity index (χ1v) is 11.3. The van der Waals surface area contributed by atoms with E-state index >= 15 is 0 Å². The number of carbonyl (C=O) groups excluding carboxylic acids is 1. The van der Waals surface area contributed by atoms with Gasteiger partial charge in [-0.3, -0.25) is 14.4 Å². The lowest BCUT2D eigenvalue weighted by Crippen LogP contribution is -2.64. The van der Waals surface area contributed by atoms with Crippen LogP contribution in [-0.2, 0) is 13.5 Å². The molecular formula is C24H32N4O2. The second-order valence-electron chi connectivity index (χ2n) is 9.23. The van der Waals surface area contributed by atoms with Gasteiger partial charge in [0.05, 0.1) is 7.11 Å². The number of methoxy groups -OCH3 is 1. The Labute approximate surface area is 178 Å². The maximum Gasteiger partial charge on any atom is 0.272 e. The first-order chi connectivity index (χ1) is 14.6. The van der Waals surface area contributed by atoms with Gasteiger partial charge in [0.2, 0.25) is 0 Å². The number of aromatic nitrogens is 2. The number of ether oxygens (including phenoxy) is 1. The molecule has 4 heterocycles. The fourth-order valence-corrected chi connectivity index (χ4v) is 6.14. The number of aryl methyl sites for hydroxylation is 1. The van der Waals surface area contributed by atoms with Crippen molar-refractivity contribution >= 4 is 5.91 Å². The molecule has 0 radical (unpaired) electrons. The maximum atomic E-state index is 13.3. The molecule has 3 saturated heterocycles. The summed E-state index contributed by atoms with van der Waals surface area (Å²) in [4.78, 5) is 18.2. The Balaban J connectivity index is 1.41. The summed E-state index contributed by atoms with van der Waals surface area (Å²) < 4.78 is 7.16. The number of fused-ring (bicyclic) bond motifs is 4. The topological polar surface area (TPSA) is 50.6 Å². The lowest BCUT2D eigenvalue weighted by molar-refractivity contribution is -0.0643. The molecule has 2 bridgehead atoms. The molecule has 0 N–H and O–H groups in total. The molecule has 6 heteroatoms. The van der Waals surface area contributed by atoms with Gasteiger partial charge in [-0.25, -0.2) is 0 Å². The van der Waals surface area contributed by atoms with E-state index in [1.807, 2.05) is 19.2 Å². The third-order valence-corrected chi connectivity index (χ3v) is 7.53. The summed E-state index contributed by atoms with van der Waals surface area (Å²) in [7, 11) is 3.58. The molecule has 1 aromatic carbocycles. The number of rotatable bonds is 4. The predicted molar refractivity (Wildman–Crippen MR) is 116 cm³/mol. The van der Waals surface area contributed by atoms with E-state index < -0.39 is 0 Å². The summed E-state index contributed by atoms with van der Waals surface area (Å²) in [6.45, 7) is 2.92. The van der Waals surface area contributed by atoms with Crippen LogP contribution in [0.1, 0.15) is 41.7 Å². The average Bonchev–Trinajstić information content (AvgIpc) is 3.22. The maximum absolute atomic E-state index is 13.3. The van der Waals surface area contributed by atoms with Crippen molar-refractivity contribution in [3.05, 3.63) is 47.8 Å². The summed E-state index contributed by atoms with van der Waals surface area (Å²) in [5, 5.41) is 4.21. The van der Waals surface area contributed by atoms with Crippen LogP contribution < -0.4 is 4.74 Å². The summed E-state index contributed by atoms with van der Waals surface area (Å²) in [6.07, 6.45) is 7.85. The third kappa shape index (κ3) is 3.51. The molecule has 3 aliphatic rings. The molecule has 0 spiro atoms. The van der Waals surface area contributed by atoms with Crippen LogP contribution >= 0.6 is 0 Å². The molecule has 0 unspecified atom stereocenters. The zero-order chi connectivity index (χ0) is 20.7. The van der Waals surface area contributed by atoms with E-state index in [9.17, 15) is 4.79 Å². The fraction of sp³-hybridized carbons (Fsp3) is 0.583. The highest BCUT2D eigenvalue weighted by Crippen LogP contribution is 2.42. The highest BCUT2D eigenvalue weighted by Gasteiger charge is 2.48. The van der Waals surface area contributed by atoms with Crippen LogP contribution in [0.15, 0.2) is 36.5 Å². The summed E-state index contributed by atoms with van der Waals surface area (Å²) in [6, 6.07) is 11.4. The monoisotopic (exact) mass is 408 g/mol. The molecule has 3 aliphatic heterocycles. The molecule has 4 atom stereocenters. The largest absolute Gasteiger partial charge is 0.497 e. The van der Waals surface area contributed by atoms with Crippen LogP contribution in [0.4, 0.5) is 0 Å². The van der Waals surface area contributed by atoms with Crippen LogP contribution in [0, 0.1) is 11.8 Å². The van der Waals surface area contributed by atoms with Gasteiger partial charge in [-0.15, -0.1) is 0 Å². The van der Waals surface area contributed by atoms with E-state index in [0.29, 0.717) is 29.6 Å². The Bertz CT molecular complexity index is 910. The summed E-state index contributed by atoms with van der Waals surface area (Å²) in [5.74, 6) is 2.16. The van der Waals surface area contributed by atoms with Gasteiger partial charge in [-0.05, 0) is 67.8 Å². The number of carbonyl (C=O) groups is 1. The second kappa shape index (κ2) is 8.06. The molecule has 160 valence electrons. The zero-order valence-electron chi connectivity index (χ0n) is 18.0. The minimum atomic E-state index is 0.133. The van der Waals surface area contributed by atoms with E-state index in [2.05, 4.69) is 33.1 Å².